The van der Waals surface area contributed by atoms with E-state index in [0.29, 0.717) is 12.2 Å². The molecular formula is C20H19N3O2. The first-order valence-electron chi connectivity index (χ1n) is 8.07. The van der Waals surface area contributed by atoms with Gasteiger partial charge in [-0.05, 0) is 43.3 Å². The highest BCUT2D eigenvalue weighted by Crippen LogP contribution is 2.16. The summed E-state index contributed by atoms with van der Waals surface area (Å²) in [7, 11) is 0. The molecule has 5 nitrogen and oxygen atoms in total. The van der Waals surface area contributed by atoms with Crippen molar-refractivity contribution in [1.82, 2.24) is 9.99 Å². The number of hydrazone groups is 1. The van der Waals surface area contributed by atoms with Crippen LogP contribution in [-0.2, 0) is 0 Å². The smallest absolute Gasteiger partial charge is 0.273 e. The van der Waals surface area contributed by atoms with E-state index in [-0.39, 0.29) is 5.91 Å². The maximum atomic E-state index is 12.5. The van der Waals surface area contributed by atoms with Crippen LogP contribution in [0.25, 0.3) is 5.69 Å². The van der Waals surface area contributed by atoms with Crippen molar-refractivity contribution < 1.29 is 9.53 Å². The van der Waals surface area contributed by atoms with Gasteiger partial charge in [0.1, 0.15) is 5.75 Å². The van der Waals surface area contributed by atoms with Crippen LogP contribution in [-0.4, -0.2) is 23.3 Å². The molecule has 0 unspecified atom stereocenters. The fourth-order valence-electron chi connectivity index (χ4n) is 2.48. The third-order valence-corrected chi connectivity index (χ3v) is 3.62. The monoisotopic (exact) mass is 333 g/mol. The number of nitrogens with zero attached hydrogens (tertiary/aromatic N) is 2. The molecule has 0 saturated heterocycles. The predicted molar refractivity (Wildman–Crippen MR) is 98.4 cm³/mol. The van der Waals surface area contributed by atoms with Crippen LogP contribution in [0.1, 0.15) is 22.8 Å². The number of aromatic nitrogens is 1. The zero-order valence-electron chi connectivity index (χ0n) is 13.9. The minimum atomic E-state index is -0.269. The van der Waals surface area contributed by atoms with Crippen molar-refractivity contribution in [3.05, 3.63) is 84.2 Å². The second-order valence-electron chi connectivity index (χ2n) is 5.28. The molecule has 0 aliphatic rings. The Morgan fingerprint density at radius 1 is 1.08 bits per heavy atom. The van der Waals surface area contributed by atoms with Crippen molar-refractivity contribution >= 4 is 12.1 Å². The molecule has 0 aliphatic carbocycles. The Bertz CT molecular complexity index is 870. The summed E-state index contributed by atoms with van der Waals surface area (Å²) >= 11 is 0. The van der Waals surface area contributed by atoms with Gasteiger partial charge in [-0.2, -0.15) is 5.10 Å². The molecule has 1 amide bonds. The molecule has 0 fully saturated rings. The first kappa shape index (κ1) is 16.5. The van der Waals surface area contributed by atoms with Crippen molar-refractivity contribution in [3.8, 4) is 11.4 Å². The van der Waals surface area contributed by atoms with E-state index in [1.54, 1.807) is 12.3 Å². The Labute approximate surface area is 146 Å². The number of nitrogens with one attached hydrogen (secondary N) is 1. The average molecular weight is 333 g/mol. The van der Waals surface area contributed by atoms with E-state index >= 15 is 0 Å². The van der Waals surface area contributed by atoms with E-state index in [1.807, 2.05) is 78.5 Å². The minimum Gasteiger partial charge on any atom is -0.493 e. The molecule has 1 N–H and O–H groups in total. The number of carbonyl (C=O) groups excluding carboxylic acids is 1. The SMILES string of the molecule is CCOc1ccccc1/C=N\NC(=O)c1ccccc1-n1cccc1. The van der Waals surface area contributed by atoms with Crippen LogP contribution in [0.5, 0.6) is 5.75 Å². The van der Waals surface area contributed by atoms with Crippen LogP contribution in [0.3, 0.4) is 0 Å². The third-order valence-electron chi connectivity index (χ3n) is 3.62. The van der Waals surface area contributed by atoms with Gasteiger partial charge in [0, 0.05) is 18.0 Å². The quantitative estimate of drug-likeness (QED) is 0.553. The summed E-state index contributed by atoms with van der Waals surface area (Å²) in [4.78, 5) is 12.5. The van der Waals surface area contributed by atoms with Gasteiger partial charge in [0.25, 0.3) is 5.91 Å². The molecular weight excluding hydrogens is 314 g/mol. The van der Waals surface area contributed by atoms with E-state index in [9.17, 15) is 4.79 Å². The van der Waals surface area contributed by atoms with Gasteiger partial charge in [0.2, 0.25) is 0 Å². The highest BCUT2D eigenvalue weighted by Gasteiger charge is 2.11. The van der Waals surface area contributed by atoms with Gasteiger partial charge >= 0.3 is 0 Å². The highest BCUT2D eigenvalue weighted by atomic mass is 16.5. The zero-order valence-corrected chi connectivity index (χ0v) is 13.9. The first-order valence-corrected chi connectivity index (χ1v) is 8.07. The normalized spacial score (nSPS) is 10.8. The molecule has 0 radical (unpaired) electrons. The molecule has 126 valence electrons. The van der Waals surface area contributed by atoms with Crippen LogP contribution >= 0.6 is 0 Å². The van der Waals surface area contributed by atoms with Gasteiger partial charge < -0.3 is 9.30 Å². The summed E-state index contributed by atoms with van der Waals surface area (Å²) in [5.41, 5.74) is 4.74. The van der Waals surface area contributed by atoms with E-state index in [4.69, 9.17) is 4.74 Å². The second-order valence-corrected chi connectivity index (χ2v) is 5.28. The molecule has 0 aliphatic heterocycles. The van der Waals surface area contributed by atoms with Crippen molar-refractivity contribution in [2.75, 3.05) is 6.61 Å². The molecule has 3 rings (SSSR count). The van der Waals surface area contributed by atoms with Crippen LogP contribution < -0.4 is 10.2 Å². The largest absolute Gasteiger partial charge is 0.493 e. The molecule has 1 aromatic heterocycles. The van der Waals surface area contributed by atoms with Crippen LogP contribution in [0.2, 0.25) is 0 Å². The Kier molecular flexibility index (Phi) is 5.26. The van der Waals surface area contributed by atoms with Gasteiger partial charge in [0.05, 0.1) is 24.1 Å². The lowest BCUT2D eigenvalue weighted by Crippen LogP contribution is -2.19. The predicted octanol–water partition coefficient (Wildman–Crippen LogP) is 3.64. The summed E-state index contributed by atoms with van der Waals surface area (Å²) in [5, 5.41) is 4.07. The molecule has 5 heteroatoms. The summed E-state index contributed by atoms with van der Waals surface area (Å²) in [5.74, 6) is 0.463. The van der Waals surface area contributed by atoms with Gasteiger partial charge in [0.15, 0.2) is 0 Å². The number of amides is 1. The Balaban J connectivity index is 1.76. The molecule has 3 aromatic rings. The van der Waals surface area contributed by atoms with Gasteiger partial charge in [-0.3, -0.25) is 4.79 Å². The van der Waals surface area contributed by atoms with Crippen LogP contribution in [0.15, 0.2) is 78.2 Å². The molecule has 1 heterocycles. The second kappa shape index (κ2) is 7.97. The molecule has 0 bridgehead atoms. The van der Waals surface area contributed by atoms with Crippen molar-refractivity contribution in [2.24, 2.45) is 5.10 Å². The molecule has 2 aromatic carbocycles. The summed E-state index contributed by atoms with van der Waals surface area (Å²) < 4.78 is 7.43. The Morgan fingerprint density at radius 3 is 2.60 bits per heavy atom. The number of carbonyl (C=O) groups is 1. The summed E-state index contributed by atoms with van der Waals surface area (Å²) in [6, 6.07) is 18.8. The standard InChI is InChI=1S/C20H19N3O2/c1-2-25-19-12-6-3-9-16(19)15-21-22-20(24)17-10-4-5-11-18(17)23-13-7-8-14-23/h3-15H,2H2,1H3,(H,22,24)/b21-15-. The fraction of sp³-hybridized carbons (Fsp3) is 0.100. The Morgan fingerprint density at radius 2 is 1.80 bits per heavy atom. The zero-order chi connectivity index (χ0) is 17.5. The number of benzene rings is 2. The fourth-order valence-corrected chi connectivity index (χ4v) is 2.48. The average Bonchev–Trinajstić information content (AvgIpc) is 3.18. The van der Waals surface area contributed by atoms with E-state index < -0.39 is 0 Å². The maximum Gasteiger partial charge on any atom is 0.273 e. The lowest BCUT2D eigenvalue weighted by atomic mass is 10.1. The number of hydrogen-bond acceptors (Lipinski definition) is 3. The van der Waals surface area contributed by atoms with Crippen molar-refractivity contribution in [1.29, 1.82) is 0 Å². The van der Waals surface area contributed by atoms with Gasteiger partial charge in [-0.15, -0.1) is 0 Å². The minimum absolute atomic E-state index is 0.269. The van der Waals surface area contributed by atoms with Crippen LogP contribution in [0.4, 0.5) is 0 Å². The Hall–Kier alpha value is -3.34. The highest BCUT2D eigenvalue weighted by molar-refractivity contribution is 5.98. The topological polar surface area (TPSA) is 55.6 Å². The van der Waals surface area contributed by atoms with E-state index in [2.05, 4.69) is 10.5 Å². The summed E-state index contributed by atoms with van der Waals surface area (Å²) in [6.07, 6.45) is 5.38. The molecule has 25 heavy (non-hydrogen) atoms. The third kappa shape index (κ3) is 3.95. The number of rotatable bonds is 6. The van der Waals surface area contributed by atoms with E-state index in [0.717, 1.165) is 17.0 Å². The first-order chi connectivity index (χ1) is 12.3. The van der Waals surface area contributed by atoms with Crippen molar-refractivity contribution in [2.45, 2.75) is 6.92 Å². The lowest BCUT2D eigenvalue weighted by Gasteiger charge is -2.09. The van der Waals surface area contributed by atoms with Crippen LogP contribution in [0, 0.1) is 0 Å². The van der Waals surface area contributed by atoms with Gasteiger partial charge in [-0.1, -0.05) is 24.3 Å². The molecule has 0 atom stereocenters. The number of ether oxygens (including phenoxy) is 1. The lowest BCUT2D eigenvalue weighted by molar-refractivity contribution is 0.0955. The maximum absolute atomic E-state index is 12.5. The number of hydrogen-bond donors (Lipinski definition) is 1. The van der Waals surface area contributed by atoms with Crippen molar-refractivity contribution in [3.63, 3.8) is 0 Å². The molecule has 0 spiro atoms. The van der Waals surface area contributed by atoms with E-state index in [1.165, 1.54) is 0 Å². The number of para-hydroxylation sites is 2. The molecule has 0 saturated carbocycles. The van der Waals surface area contributed by atoms with Gasteiger partial charge in [-0.25, -0.2) is 5.43 Å². The summed E-state index contributed by atoms with van der Waals surface area (Å²) in [6.45, 7) is 2.50.